The number of amides is 1. The maximum atomic E-state index is 13.0. The third kappa shape index (κ3) is 4.79. The van der Waals surface area contributed by atoms with E-state index in [-0.39, 0.29) is 24.8 Å². The molecule has 31 heavy (non-hydrogen) atoms. The van der Waals surface area contributed by atoms with Gasteiger partial charge in [0.2, 0.25) is 0 Å². The summed E-state index contributed by atoms with van der Waals surface area (Å²) >= 11 is 1.25. The van der Waals surface area contributed by atoms with Gasteiger partial charge in [0.05, 0.1) is 0 Å². The highest BCUT2D eigenvalue weighted by Crippen LogP contribution is 2.26. The van der Waals surface area contributed by atoms with Crippen molar-refractivity contribution in [3.05, 3.63) is 76.9 Å². The van der Waals surface area contributed by atoms with Crippen LogP contribution >= 0.6 is 11.3 Å². The molecule has 1 fully saturated rings. The first-order chi connectivity index (χ1) is 14.8. The molecular weight excluding hydrogens is 439 g/mol. The van der Waals surface area contributed by atoms with Gasteiger partial charge in [-0.1, -0.05) is 0 Å². The first-order valence-corrected chi connectivity index (χ1v) is 12.0. The molecule has 3 aromatic rings. The van der Waals surface area contributed by atoms with Crippen LogP contribution in [0.4, 0.5) is 4.39 Å². The van der Waals surface area contributed by atoms with Crippen LogP contribution in [0.3, 0.4) is 0 Å². The van der Waals surface area contributed by atoms with Crippen LogP contribution in [0.25, 0.3) is 0 Å². The normalized spacial score (nSPS) is 15.1. The lowest BCUT2D eigenvalue weighted by molar-refractivity contribution is 0.0698. The van der Waals surface area contributed by atoms with Crippen LogP contribution in [0, 0.1) is 12.7 Å². The van der Waals surface area contributed by atoms with Crippen LogP contribution in [0.2, 0.25) is 0 Å². The Morgan fingerprint density at radius 3 is 2.03 bits per heavy atom. The van der Waals surface area contributed by atoms with Gasteiger partial charge in [-0.05, 0) is 67.6 Å². The number of hydrogen-bond acceptors (Lipinski definition) is 5. The predicted octanol–water partition coefficient (Wildman–Crippen LogP) is 4.13. The second kappa shape index (κ2) is 8.78. The molecule has 0 aliphatic carbocycles. The van der Waals surface area contributed by atoms with E-state index in [2.05, 4.69) is 0 Å². The molecule has 0 saturated carbocycles. The monoisotopic (exact) mass is 460 g/mol. The number of sulfonamides is 1. The number of carbonyl (C=O) groups is 1. The lowest BCUT2D eigenvalue weighted by atomic mass is 10.2. The lowest BCUT2D eigenvalue weighted by Crippen LogP contribution is -2.50. The maximum absolute atomic E-state index is 13.0. The van der Waals surface area contributed by atoms with Gasteiger partial charge >= 0.3 is 0 Å². The Morgan fingerprint density at radius 1 is 0.903 bits per heavy atom. The summed E-state index contributed by atoms with van der Waals surface area (Å²) in [5.74, 6) is 0.535. The third-order valence-electron chi connectivity index (χ3n) is 4.99. The molecule has 1 amide bonds. The minimum Gasteiger partial charge on any atom is -0.457 e. The number of hydrogen-bond donors (Lipinski definition) is 0. The van der Waals surface area contributed by atoms with Gasteiger partial charge in [-0.25, -0.2) is 12.8 Å². The number of benzene rings is 2. The summed E-state index contributed by atoms with van der Waals surface area (Å²) in [4.78, 5) is 15.4. The minimum absolute atomic E-state index is 0.155. The third-order valence-corrected chi connectivity index (χ3v) is 8.35. The molecule has 0 bridgehead atoms. The Hall–Kier alpha value is -2.75. The highest BCUT2D eigenvalue weighted by Gasteiger charge is 2.31. The van der Waals surface area contributed by atoms with E-state index in [1.807, 2.05) is 6.92 Å². The van der Waals surface area contributed by atoms with Crippen LogP contribution in [0.5, 0.6) is 11.5 Å². The summed E-state index contributed by atoms with van der Waals surface area (Å²) in [6.07, 6.45) is 0. The minimum atomic E-state index is -3.52. The van der Waals surface area contributed by atoms with Crippen molar-refractivity contribution in [2.45, 2.75) is 11.1 Å². The van der Waals surface area contributed by atoms with Gasteiger partial charge in [-0.15, -0.1) is 11.3 Å². The van der Waals surface area contributed by atoms with E-state index in [0.717, 1.165) is 4.88 Å². The Balaban J connectivity index is 1.36. The second-order valence-electron chi connectivity index (χ2n) is 7.14. The molecule has 2 aromatic carbocycles. The van der Waals surface area contributed by atoms with Gasteiger partial charge < -0.3 is 9.64 Å². The number of halogens is 1. The van der Waals surface area contributed by atoms with Crippen molar-refractivity contribution in [3.63, 3.8) is 0 Å². The van der Waals surface area contributed by atoms with E-state index in [9.17, 15) is 17.6 Å². The SMILES string of the molecule is Cc1ccc(S(=O)(=O)N2CCN(C(=O)c3ccc(Oc4ccc(F)cc4)cc3)CC2)s1. The van der Waals surface area contributed by atoms with E-state index in [1.165, 1.54) is 39.9 Å². The molecule has 9 heteroatoms. The van der Waals surface area contributed by atoms with Crippen LogP contribution < -0.4 is 4.74 Å². The Bertz CT molecular complexity index is 1170. The zero-order valence-electron chi connectivity index (χ0n) is 16.8. The Morgan fingerprint density at radius 2 is 1.48 bits per heavy atom. The summed E-state index contributed by atoms with van der Waals surface area (Å²) in [5.41, 5.74) is 0.497. The molecule has 0 unspecified atom stereocenters. The Kier molecular flexibility index (Phi) is 6.08. The first kappa shape index (κ1) is 21.5. The van der Waals surface area contributed by atoms with Crippen LogP contribution in [-0.2, 0) is 10.0 Å². The molecular formula is C22H21FN2O4S2. The summed E-state index contributed by atoms with van der Waals surface area (Å²) in [6, 6.07) is 15.8. The highest BCUT2D eigenvalue weighted by atomic mass is 32.2. The maximum Gasteiger partial charge on any atom is 0.253 e. The average molecular weight is 461 g/mol. The van der Waals surface area contributed by atoms with E-state index < -0.39 is 10.0 Å². The standard InChI is InChI=1S/C22H21FN2O4S2/c1-16-2-11-21(30-16)31(27,28)25-14-12-24(13-15-25)22(26)17-3-7-19(8-4-17)29-20-9-5-18(23)6-10-20/h2-11H,12-15H2,1H3. The number of piperazine rings is 1. The van der Waals surface area contributed by atoms with Crippen molar-refractivity contribution in [3.8, 4) is 11.5 Å². The molecule has 2 heterocycles. The molecule has 4 rings (SSSR count). The molecule has 6 nitrogen and oxygen atoms in total. The van der Waals surface area contributed by atoms with Crippen molar-refractivity contribution < 1.29 is 22.3 Å². The molecule has 0 N–H and O–H groups in total. The average Bonchev–Trinajstić information content (AvgIpc) is 3.23. The van der Waals surface area contributed by atoms with Gasteiger partial charge in [0.25, 0.3) is 15.9 Å². The molecule has 0 atom stereocenters. The number of aryl methyl sites for hydroxylation is 1. The van der Waals surface area contributed by atoms with Gasteiger partial charge in [0.1, 0.15) is 21.5 Å². The van der Waals surface area contributed by atoms with Gasteiger partial charge in [-0.3, -0.25) is 4.79 Å². The zero-order valence-corrected chi connectivity index (χ0v) is 18.5. The zero-order chi connectivity index (χ0) is 22.0. The fourth-order valence-corrected chi connectivity index (χ4v) is 6.16. The molecule has 1 aliphatic heterocycles. The number of carbonyl (C=O) groups excluding carboxylic acids is 1. The van der Waals surface area contributed by atoms with Crippen molar-refractivity contribution >= 4 is 27.3 Å². The second-order valence-corrected chi connectivity index (χ2v) is 10.6. The van der Waals surface area contributed by atoms with Crippen LogP contribution in [0.15, 0.2) is 64.9 Å². The first-order valence-electron chi connectivity index (χ1n) is 9.72. The molecule has 1 aromatic heterocycles. The summed E-state index contributed by atoms with van der Waals surface area (Å²) in [7, 11) is -3.52. The van der Waals surface area contributed by atoms with Gasteiger partial charge in [0.15, 0.2) is 0 Å². The summed E-state index contributed by atoms with van der Waals surface area (Å²) < 4.78 is 45.9. The van der Waals surface area contributed by atoms with Crippen molar-refractivity contribution in [1.29, 1.82) is 0 Å². The summed E-state index contributed by atoms with van der Waals surface area (Å²) in [6.45, 7) is 3.05. The quantitative estimate of drug-likeness (QED) is 0.574. The lowest BCUT2D eigenvalue weighted by Gasteiger charge is -2.33. The molecule has 1 saturated heterocycles. The van der Waals surface area contributed by atoms with Crippen molar-refractivity contribution in [2.24, 2.45) is 0 Å². The van der Waals surface area contributed by atoms with Crippen LogP contribution in [-0.4, -0.2) is 49.7 Å². The van der Waals surface area contributed by atoms with Gasteiger partial charge in [0, 0.05) is 36.6 Å². The van der Waals surface area contributed by atoms with Gasteiger partial charge in [-0.2, -0.15) is 4.31 Å². The predicted molar refractivity (Wildman–Crippen MR) is 117 cm³/mol. The number of rotatable bonds is 5. The Labute approximate surface area is 184 Å². The van der Waals surface area contributed by atoms with Crippen molar-refractivity contribution in [2.75, 3.05) is 26.2 Å². The van der Waals surface area contributed by atoms with E-state index in [0.29, 0.717) is 34.4 Å². The van der Waals surface area contributed by atoms with E-state index >= 15 is 0 Å². The number of nitrogens with zero attached hydrogens (tertiary/aromatic N) is 2. The molecule has 0 radical (unpaired) electrons. The number of thiophene rings is 1. The molecule has 162 valence electrons. The topological polar surface area (TPSA) is 66.9 Å². The smallest absolute Gasteiger partial charge is 0.253 e. The highest BCUT2D eigenvalue weighted by molar-refractivity contribution is 7.91. The van der Waals surface area contributed by atoms with Crippen LogP contribution in [0.1, 0.15) is 15.2 Å². The fourth-order valence-electron chi connectivity index (χ4n) is 3.30. The molecule has 1 aliphatic rings. The van der Waals surface area contributed by atoms with Crippen molar-refractivity contribution in [1.82, 2.24) is 9.21 Å². The van der Waals surface area contributed by atoms with E-state index in [4.69, 9.17) is 4.74 Å². The largest absolute Gasteiger partial charge is 0.457 e. The molecule has 0 spiro atoms. The van der Waals surface area contributed by atoms with E-state index in [1.54, 1.807) is 41.3 Å². The fraction of sp³-hybridized carbons (Fsp3) is 0.227. The summed E-state index contributed by atoms with van der Waals surface area (Å²) in [5, 5.41) is 0. The number of ether oxygens (including phenoxy) is 1.